The van der Waals surface area contributed by atoms with Crippen molar-refractivity contribution in [1.82, 2.24) is 5.32 Å². The zero-order chi connectivity index (χ0) is 12.7. The molecular formula is C16H33N. The second-order valence-corrected chi connectivity index (χ2v) is 6.29. The van der Waals surface area contributed by atoms with Crippen LogP contribution in [0.15, 0.2) is 0 Å². The predicted molar refractivity (Wildman–Crippen MR) is 77.3 cm³/mol. The molecule has 3 unspecified atom stereocenters. The van der Waals surface area contributed by atoms with E-state index in [1.165, 1.54) is 51.4 Å². The topological polar surface area (TPSA) is 12.0 Å². The Labute approximate surface area is 109 Å². The SMILES string of the molecule is CCCC1CCCC(NC(CC)C(C)C)CC1. The van der Waals surface area contributed by atoms with Crippen molar-refractivity contribution in [3.8, 4) is 0 Å². The van der Waals surface area contributed by atoms with Crippen LogP contribution in [0.4, 0.5) is 0 Å². The average Bonchev–Trinajstić information content (AvgIpc) is 2.52. The van der Waals surface area contributed by atoms with Crippen LogP contribution < -0.4 is 5.32 Å². The van der Waals surface area contributed by atoms with Gasteiger partial charge in [-0.1, -0.05) is 53.4 Å². The molecule has 1 N–H and O–H groups in total. The Balaban J connectivity index is 2.35. The zero-order valence-electron chi connectivity index (χ0n) is 12.5. The number of hydrogen-bond donors (Lipinski definition) is 1. The van der Waals surface area contributed by atoms with E-state index in [-0.39, 0.29) is 0 Å². The number of rotatable bonds is 6. The van der Waals surface area contributed by atoms with E-state index in [2.05, 4.69) is 33.0 Å². The molecule has 1 fully saturated rings. The average molecular weight is 239 g/mol. The highest BCUT2D eigenvalue weighted by Crippen LogP contribution is 2.27. The molecule has 0 aromatic carbocycles. The molecule has 102 valence electrons. The maximum atomic E-state index is 3.91. The molecule has 1 aliphatic rings. The van der Waals surface area contributed by atoms with Gasteiger partial charge in [-0.25, -0.2) is 0 Å². The van der Waals surface area contributed by atoms with E-state index in [0.29, 0.717) is 0 Å². The van der Waals surface area contributed by atoms with E-state index < -0.39 is 0 Å². The minimum absolute atomic E-state index is 0.725. The summed E-state index contributed by atoms with van der Waals surface area (Å²) < 4.78 is 0. The van der Waals surface area contributed by atoms with Gasteiger partial charge in [-0.05, 0) is 37.5 Å². The van der Waals surface area contributed by atoms with Crippen molar-refractivity contribution in [2.75, 3.05) is 0 Å². The van der Waals surface area contributed by atoms with Gasteiger partial charge >= 0.3 is 0 Å². The summed E-state index contributed by atoms with van der Waals surface area (Å²) in [4.78, 5) is 0. The molecule has 17 heavy (non-hydrogen) atoms. The van der Waals surface area contributed by atoms with Crippen molar-refractivity contribution in [2.24, 2.45) is 11.8 Å². The Hall–Kier alpha value is -0.0400. The molecule has 0 heterocycles. The van der Waals surface area contributed by atoms with Gasteiger partial charge in [0.25, 0.3) is 0 Å². The summed E-state index contributed by atoms with van der Waals surface area (Å²) in [6.45, 7) is 9.33. The standard InChI is InChI=1S/C16H33N/c1-5-8-14-9-7-10-15(12-11-14)17-16(6-2)13(3)4/h13-17H,5-12H2,1-4H3. The van der Waals surface area contributed by atoms with Crippen molar-refractivity contribution in [3.63, 3.8) is 0 Å². The molecule has 1 nitrogen and oxygen atoms in total. The van der Waals surface area contributed by atoms with Crippen LogP contribution in [-0.4, -0.2) is 12.1 Å². The minimum Gasteiger partial charge on any atom is -0.311 e. The summed E-state index contributed by atoms with van der Waals surface area (Å²) in [6.07, 6.45) is 11.3. The summed E-state index contributed by atoms with van der Waals surface area (Å²) in [5.41, 5.74) is 0. The fraction of sp³-hybridized carbons (Fsp3) is 1.00. The van der Waals surface area contributed by atoms with Gasteiger partial charge in [0.1, 0.15) is 0 Å². The van der Waals surface area contributed by atoms with Crippen LogP contribution in [0.25, 0.3) is 0 Å². The van der Waals surface area contributed by atoms with Gasteiger partial charge in [0, 0.05) is 12.1 Å². The zero-order valence-corrected chi connectivity index (χ0v) is 12.5. The van der Waals surface area contributed by atoms with Gasteiger partial charge in [-0.2, -0.15) is 0 Å². The van der Waals surface area contributed by atoms with Crippen molar-refractivity contribution in [2.45, 2.75) is 91.1 Å². The normalized spacial score (nSPS) is 28.1. The molecule has 1 heteroatoms. The van der Waals surface area contributed by atoms with Gasteiger partial charge in [0.15, 0.2) is 0 Å². The van der Waals surface area contributed by atoms with E-state index in [1.54, 1.807) is 0 Å². The number of nitrogens with one attached hydrogen (secondary N) is 1. The fourth-order valence-electron chi connectivity index (χ4n) is 3.33. The molecule has 0 aliphatic heterocycles. The molecule has 0 spiro atoms. The molecule has 1 rings (SSSR count). The van der Waals surface area contributed by atoms with Crippen LogP contribution in [0.5, 0.6) is 0 Å². The van der Waals surface area contributed by atoms with Crippen molar-refractivity contribution in [1.29, 1.82) is 0 Å². The van der Waals surface area contributed by atoms with Crippen molar-refractivity contribution < 1.29 is 0 Å². The van der Waals surface area contributed by atoms with Gasteiger partial charge < -0.3 is 5.32 Å². The van der Waals surface area contributed by atoms with Gasteiger partial charge in [-0.15, -0.1) is 0 Å². The Morgan fingerprint density at radius 3 is 2.41 bits per heavy atom. The fourth-order valence-corrected chi connectivity index (χ4v) is 3.33. The monoisotopic (exact) mass is 239 g/mol. The van der Waals surface area contributed by atoms with Gasteiger partial charge in [0.05, 0.1) is 0 Å². The molecule has 0 aromatic heterocycles. The quantitative estimate of drug-likeness (QED) is 0.659. The molecule has 1 saturated carbocycles. The summed E-state index contributed by atoms with van der Waals surface area (Å²) >= 11 is 0. The van der Waals surface area contributed by atoms with Crippen LogP contribution in [-0.2, 0) is 0 Å². The first kappa shape index (κ1) is 15.0. The van der Waals surface area contributed by atoms with Crippen LogP contribution in [0.3, 0.4) is 0 Å². The van der Waals surface area contributed by atoms with Gasteiger partial charge in [-0.3, -0.25) is 0 Å². The lowest BCUT2D eigenvalue weighted by Gasteiger charge is -2.27. The molecule has 0 amide bonds. The molecule has 3 atom stereocenters. The highest BCUT2D eigenvalue weighted by molar-refractivity contribution is 4.79. The van der Waals surface area contributed by atoms with Crippen LogP contribution in [0.1, 0.15) is 79.1 Å². The maximum Gasteiger partial charge on any atom is 0.00900 e. The largest absolute Gasteiger partial charge is 0.311 e. The predicted octanol–water partition coefficient (Wildman–Crippen LogP) is 4.76. The van der Waals surface area contributed by atoms with E-state index in [0.717, 1.165) is 23.9 Å². The summed E-state index contributed by atoms with van der Waals surface area (Å²) in [6, 6.07) is 1.52. The molecule has 0 radical (unpaired) electrons. The van der Waals surface area contributed by atoms with E-state index >= 15 is 0 Å². The maximum absolute atomic E-state index is 3.91. The molecule has 0 saturated heterocycles. The van der Waals surface area contributed by atoms with E-state index in [4.69, 9.17) is 0 Å². The summed E-state index contributed by atoms with van der Waals surface area (Å²) in [5, 5.41) is 3.91. The first-order valence-corrected chi connectivity index (χ1v) is 7.93. The first-order chi connectivity index (χ1) is 8.17. The third-order valence-electron chi connectivity index (χ3n) is 4.48. The lowest BCUT2D eigenvalue weighted by Crippen LogP contribution is -2.40. The van der Waals surface area contributed by atoms with Crippen molar-refractivity contribution >= 4 is 0 Å². The molecule has 0 bridgehead atoms. The Kier molecular flexibility index (Phi) is 7.18. The Bertz CT molecular complexity index is 188. The van der Waals surface area contributed by atoms with E-state index in [1.807, 2.05) is 0 Å². The third kappa shape index (κ3) is 5.42. The summed E-state index contributed by atoms with van der Waals surface area (Å²) in [5.74, 6) is 1.79. The smallest absolute Gasteiger partial charge is 0.00900 e. The number of hydrogen-bond acceptors (Lipinski definition) is 1. The van der Waals surface area contributed by atoms with Crippen LogP contribution in [0.2, 0.25) is 0 Å². The molecular weight excluding hydrogens is 206 g/mol. The van der Waals surface area contributed by atoms with E-state index in [9.17, 15) is 0 Å². The molecule has 0 aromatic rings. The lowest BCUT2D eigenvalue weighted by atomic mass is 9.95. The summed E-state index contributed by atoms with van der Waals surface area (Å²) in [7, 11) is 0. The second-order valence-electron chi connectivity index (χ2n) is 6.29. The third-order valence-corrected chi connectivity index (χ3v) is 4.48. The van der Waals surface area contributed by atoms with Crippen molar-refractivity contribution in [3.05, 3.63) is 0 Å². The van der Waals surface area contributed by atoms with Crippen LogP contribution in [0, 0.1) is 11.8 Å². The second kappa shape index (κ2) is 8.13. The Morgan fingerprint density at radius 1 is 1.06 bits per heavy atom. The Morgan fingerprint density at radius 2 is 1.82 bits per heavy atom. The highest BCUT2D eigenvalue weighted by atomic mass is 15.0. The first-order valence-electron chi connectivity index (χ1n) is 7.93. The lowest BCUT2D eigenvalue weighted by molar-refractivity contribution is 0.320. The van der Waals surface area contributed by atoms with Gasteiger partial charge in [0.2, 0.25) is 0 Å². The highest BCUT2D eigenvalue weighted by Gasteiger charge is 2.21. The van der Waals surface area contributed by atoms with Crippen LogP contribution >= 0.6 is 0 Å². The molecule has 1 aliphatic carbocycles. The minimum atomic E-state index is 0.725.